The number of hydrogen-bond acceptors (Lipinski definition) is 3. The van der Waals surface area contributed by atoms with E-state index in [1.54, 1.807) is 0 Å². The van der Waals surface area contributed by atoms with Crippen LogP contribution in [0.4, 0.5) is 0 Å². The van der Waals surface area contributed by atoms with Crippen molar-refractivity contribution in [3.05, 3.63) is 47.5 Å². The van der Waals surface area contributed by atoms with Crippen LogP contribution in [-0.4, -0.2) is 56.2 Å². The average molecular weight is 319 g/mol. The van der Waals surface area contributed by atoms with Crippen molar-refractivity contribution in [1.29, 1.82) is 0 Å². The number of halogens is 1. The molecule has 1 fully saturated rings. The zero-order chi connectivity index (χ0) is 15.8. The lowest BCUT2D eigenvalue weighted by atomic mass is 10.1. The summed E-state index contributed by atoms with van der Waals surface area (Å²) in [5, 5.41) is 0.746. The first kappa shape index (κ1) is 17.1. The van der Waals surface area contributed by atoms with Crippen LogP contribution in [-0.2, 0) is 4.74 Å². The molecule has 118 valence electrons. The third-order valence-electron chi connectivity index (χ3n) is 3.69. The monoisotopic (exact) mass is 318 g/mol. The lowest BCUT2D eigenvalue weighted by Gasteiger charge is -2.25. The number of rotatable bonds is 5. The van der Waals surface area contributed by atoms with Gasteiger partial charge in [-0.15, -0.1) is 6.58 Å². The van der Waals surface area contributed by atoms with Crippen LogP contribution in [0.25, 0.3) is 0 Å². The molecule has 0 spiro atoms. The van der Waals surface area contributed by atoms with Crippen LogP contribution in [0.15, 0.2) is 36.9 Å². The Labute approximate surface area is 138 Å². The fourth-order valence-corrected chi connectivity index (χ4v) is 2.54. The summed E-state index contributed by atoms with van der Waals surface area (Å²) in [5.74, 6) is 6.71. The van der Waals surface area contributed by atoms with Crippen molar-refractivity contribution in [2.75, 3.05) is 46.4 Å². The van der Waals surface area contributed by atoms with E-state index in [0.29, 0.717) is 0 Å². The van der Waals surface area contributed by atoms with Gasteiger partial charge in [-0.05, 0) is 24.7 Å². The molecule has 1 saturated heterocycles. The van der Waals surface area contributed by atoms with Gasteiger partial charge in [0.15, 0.2) is 0 Å². The molecular formula is C18H23ClN2O. The van der Waals surface area contributed by atoms with Gasteiger partial charge in [-0.3, -0.25) is 9.80 Å². The Kier molecular flexibility index (Phi) is 6.95. The molecule has 1 aliphatic rings. The summed E-state index contributed by atoms with van der Waals surface area (Å²) in [5.41, 5.74) is 1.16. The number of morpholine rings is 1. The molecule has 1 aromatic carbocycles. The topological polar surface area (TPSA) is 15.7 Å². The van der Waals surface area contributed by atoms with Crippen LogP contribution in [0.3, 0.4) is 0 Å². The molecule has 0 saturated carbocycles. The minimum Gasteiger partial charge on any atom is -0.379 e. The van der Waals surface area contributed by atoms with Crippen molar-refractivity contribution >= 4 is 11.6 Å². The Hall–Kier alpha value is -1.31. The van der Waals surface area contributed by atoms with Crippen LogP contribution in [0.5, 0.6) is 0 Å². The first-order valence-electron chi connectivity index (χ1n) is 7.56. The standard InChI is InChI=1S/C18H23ClN2O/c1-3-10-20(2)18(16-6-8-17(19)9-7-16)5-4-11-21-12-14-22-15-13-21/h3,6-9,18H,1,10-15H2,2H3. The van der Waals surface area contributed by atoms with Crippen LogP contribution >= 0.6 is 11.6 Å². The Morgan fingerprint density at radius 2 is 2.05 bits per heavy atom. The Bertz CT molecular complexity index is 526. The summed E-state index contributed by atoms with van der Waals surface area (Å²) in [6.45, 7) is 8.92. The van der Waals surface area contributed by atoms with Gasteiger partial charge in [0.25, 0.3) is 0 Å². The number of likely N-dealkylation sites (N-methyl/N-ethyl adjacent to an activating group) is 1. The molecule has 1 unspecified atom stereocenters. The normalized spacial score (nSPS) is 16.9. The summed E-state index contributed by atoms with van der Waals surface area (Å²) < 4.78 is 5.36. The maximum absolute atomic E-state index is 5.98. The number of ether oxygens (including phenoxy) is 1. The Morgan fingerprint density at radius 3 is 2.68 bits per heavy atom. The summed E-state index contributed by atoms with van der Waals surface area (Å²) in [7, 11) is 2.06. The molecule has 0 aromatic heterocycles. The summed E-state index contributed by atoms with van der Waals surface area (Å²) >= 11 is 5.98. The molecule has 1 aromatic rings. The summed E-state index contributed by atoms with van der Waals surface area (Å²) in [4.78, 5) is 4.51. The van der Waals surface area contributed by atoms with Gasteiger partial charge in [0.1, 0.15) is 0 Å². The molecule has 1 atom stereocenters. The van der Waals surface area contributed by atoms with Gasteiger partial charge in [-0.1, -0.05) is 41.7 Å². The first-order chi connectivity index (χ1) is 10.7. The number of hydrogen-bond donors (Lipinski definition) is 0. The van der Waals surface area contributed by atoms with Gasteiger partial charge in [0, 0.05) is 24.7 Å². The van der Waals surface area contributed by atoms with Crippen molar-refractivity contribution in [3.63, 3.8) is 0 Å². The van der Waals surface area contributed by atoms with Gasteiger partial charge in [0.2, 0.25) is 0 Å². The van der Waals surface area contributed by atoms with E-state index < -0.39 is 0 Å². The third kappa shape index (κ3) is 5.15. The van der Waals surface area contributed by atoms with Crippen molar-refractivity contribution in [1.82, 2.24) is 9.80 Å². The van der Waals surface area contributed by atoms with E-state index in [2.05, 4.69) is 35.3 Å². The zero-order valence-corrected chi connectivity index (χ0v) is 13.9. The molecule has 22 heavy (non-hydrogen) atoms. The lowest BCUT2D eigenvalue weighted by Crippen LogP contribution is -2.36. The second-order valence-electron chi connectivity index (χ2n) is 5.39. The van der Waals surface area contributed by atoms with E-state index >= 15 is 0 Å². The number of benzene rings is 1. The largest absolute Gasteiger partial charge is 0.379 e. The van der Waals surface area contributed by atoms with Gasteiger partial charge in [-0.25, -0.2) is 0 Å². The molecule has 2 rings (SSSR count). The highest BCUT2D eigenvalue weighted by Gasteiger charge is 2.14. The van der Waals surface area contributed by atoms with Crippen LogP contribution in [0.2, 0.25) is 5.02 Å². The van der Waals surface area contributed by atoms with E-state index in [4.69, 9.17) is 16.3 Å². The maximum Gasteiger partial charge on any atom is 0.0971 e. The third-order valence-corrected chi connectivity index (χ3v) is 3.94. The Balaban J connectivity index is 2.07. The molecule has 0 aliphatic carbocycles. The minimum absolute atomic E-state index is 0.0521. The lowest BCUT2D eigenvalue weighted by molar-refractivity contribution is 0.0443. The Morgan fingerprint density at radius 1 is 1.36 bits per heavy atom. The van der Waals surface area contributed by atoms with Crippen molar-refractivity contribution in [2.45, 2.75) is 6.04 Å². The van der Waals surface area contributed by atoms with Crippen molar-refractivity contribution in [2.24, 2.45) is 0 Å². The predicted octanol–water partition coefficient (Wildman–Crippen LogP) is 2.83. The fraction of sp³-hybridized carbons (Fsp3) is 0.444. The quantitative estimate of drug-likeness (QED) is 0.613. The summed E-state index contributed by atoms with van der Waals surface area (Å²) in [6.07, 6.45) is 1.90. The molecule has 3 nitrogen and oxygen atoms in total. The highest BCUT2D eigenvalue weighted by molar-refractivity contribution is 6.30. The zero-order valence-electron chi connectivity index (χ0n) is 13.1. The average Bonchev–Trinajstić information content (AvgIpc) is 2.54. The predicted molar refractivity (Wildman–Crippen MR) is 92.1 cm³/mol. The van der Waals surface area contributed by atoms with Crippen LogP contribution < -0.4 is 0 Å². The van der Waals surface area contributed by atoms with E-state index in [1.165, 1.54) is 0 Å². The molecule has 0 bridgehead atoms. The van der Waals surface area contributed by atoms with E-state index in [-0.39, 0.29) is 6.04 Å². The molecule has 0 N–H and O–H groups in total. The SMILES string of the molecule is C=CCN(C)C(C#CCN1CCOCC1)c1ccc(Cl)cc1. The van der Waals surface area contributed by atoms with E-state index in [0.717, 1.165) is 50.0 Å². The molecule has 4 heteroatoms. The number of nitrogens with zero attached hydrogens (tertiary/aromatic N) is 2. The molecule has 0 radical (unpaired) electrons. The molecule has 0 amide bonds. The van der Waals surface area contributed by atoms with E-state index in [9.17, 15) is 0 Å². The van der Waals surface area contributed by atoms with Crippen LogP contribution in [0.1, 0.15) is 11.6 Å². The van der Waals surface area contributed by atoms with Gasteiger partial charge in [-0.2, -0.15) is 0 Å². The van der Waals surface area contributed by atoms with Crippen LogP contribution in [0, 0.1) is 11.8 Å². The first-order valence-corrected chi connectivity index (χ1v) is 7.93. The van der Waals surface area contributed by atoms with Gasteiger partial charge >= 0.3 is 0 Å². The van der Waals surface area contributed by atoms with Gasteiger partial charge in [0.05, 0.1) is 25.8 Å². The molecule has 1 heterocycles. The second kappa shape index (κ2) is 8.97. The fourth-order valence-electron chi connectivity index (χ4n) is 2.42. The second-order valence-corrected chi connectivity index (χ2v) is 5.83. The summed E-state index contributed by atoms with van der Waals surface area (Å²) in [6, 6.07) is 7.95. The molecule has 1 aliphatic heterocycles. The van der Waals surface area contributed by atoms with E-state index in [1.807, 2.05) is 30.3 Å². The van der Waals surface area contributed by atoms with Gasteiger partial charge < -0.3 is 4.74 Å². The van der Waals surface area contributed by atoms with Crippen molar-refractivity contribution in [3.8, 4) is 11.8 Å². The minimum atomic E-state index is 0.0521. The highest BCUT2D eigenvalue weighted by atomic mass is 35.5. The van der Waals surface area contributed by atoms with Crippen molar-refractivity contribution < 1.29 is 4.74 Å². The molecular weight excluding hydrogens is 296 g/mol. The maximum atomic E-state index is 5.98. The smallest absolute Gasteiger partial charge is 0.0971 e. The highest BCUT2D eigenvalue weighted by Crippen LogP contribution is 2.20.